The summed E-state index contributed by atoms with van der Waals surface area (Å²) in [6, 6.07) is 7.26. The first-order chi connectivity index (χ1) is 15.6. The predicted octanol–water partition coefficient (Wildman–Crippen LogP) is 3.82. The first-order valence-corrected chi connectivity index (χ1v) is 11.2. The monoisotopic (exact) mass is 479 g/mol. The van der Waals surface area contributed by atoms with Gasteiger partial charge in [0.2, 0.25) is 0 Å². The van der Waals surface area contributed by atoms with Crippen LogP contribution in [0.4, 0.5) is 23.4 Å². The topological polar surface area (TPSA) is 75.3 Å². The minimum absolute atomic E-state index is 0.00574. The summed E-state index contributed by atoms with van der Waals surface area (Å²) in [7, 11) is 0.0778. The summed E-state index contributed by atoms with van der Waals surface area (Å²) < 4.78 is 70.1. The van der Waals surface area contributed by atoms with E-state index in [1.54, 1.807) is 10.4 Å². The van der Waals surface area contributed by atoms with Crippen molar-refractivity contribution in [2.24, 2.45) is 0 Å². The number of benzene rings is 2. The van der Waals surface area contributed by atoms with Gasteiger partial charge >= 0.3 is 6.18 Å². The van der Waals surface area contributed by atoms with E-state index >= 15 is 0 Å². The average molecular weight is 480 g/mol. The largest absolute Gasteiger partial charge is 0.416 e. The molecular formula is C22H21F4N5OS. The third-order valence-electron chi connectivity index (χ3n) is 5.42. The summed E-state index contributed by atoms with van der Waals surface area (Å²) in [4.78, 5) is 9.99. The number of anilines is 1. The molecule has 1 aliphatic heterocycles. The van der Waals surface area contributed by atoms with E-state index in [2.05, 4.69) is 14.9 Å². The van der Waals surface area contributed by atoms with Crippen LogP contribution in [0, 0.1) is 5.82 Å². The maximum Gasteiger partial charge on any atom is 0.416 e. The number of aromatic nitrogens is 2. The van der Waals surface area contributed by atoms with Gasteiger partial charge in [-0.15, -0.1) is 0 Å². The smallest absolute Gasteiger partial charge is 0.382 e. The SMILES string of the molecule is CN1CCN(S(=O)c2cc(C(F)(F)F)ccc2-c2ccc(-c3cnc(N)cn3)c(F)c2)CC1. The molecule has 1 atom stereocenters. The van der Waals surface area contributed by atoms with Crippen molar-refractivity contribution >= 4 is 16.8 Å². The molecule has 11 heteroatoms. The van der Waals surface area contributed by atoms with E-state index in [1.807, 2.05) is 7.05 Å². The molecule has 33 heavy (non-hydrogen) atoms. The molecule has 0 amide bonds. The minimum atomic E-state index is -4.59. The van der Waals surface area contributed by atoms with Gasteiger partial charge in [-0.1, -0.05) is 12.1 Å². The Morgan fingerprint density at radius 1 is 0.970 bits per heavy atom. The van der Waals surface area contributed by atoms with Gasteiger partial charge in [0.25, 0.3) is 0 Å². The van der Waals surface area contributed by atoms with Crippen molar-refractivity contribution in [1.82, 2.24) is 19.2 Å². The number of halogens is 4. The highest BCUT2D eigenvalue weighted by Crippen LogP contribution is 2.36. The number of piperazine rings is 1. The van der Waals surface area contributed by atoms with Crippen molar-refractivity contribution in [2.45, 2.75) is 11.1 Å². The summed E-state index contributed by atoms with van der Waals surface area (Å²) >= 11 is 0. The van der Waals surface area contributed by atoms with Gasteiger partial charge in [0.1, 0.15) is 22.6 Å². The number of rotatable bonds is 4. The molecule has 1 aliphatic rings. The molecule has 3 aromatic rings. The average Bonchev–Trinajstić information content (AvgIpc) is 2.79. The van der Waals surface area contributed by atoms with Gasteiger partial charge in [0.15, 0.2) is 0 Å². The molecule has 2 heterocycles. The highest BCUT2D eigenvalue weighted by molar-refractivity contribution is 7.82. The first-order valence-electron chi connectivity index (χ1n) is 10.1. The van der Waals surface area contributed by atoms with Gasteiger partial charge in [-0.3, -0.25) is 4.98 Å². The quantitative estimate of drug-likeness (QED) is 0.576. The van der Waals surface area contributed by atoms with Crippen molar-refractivity contribution in [3.8, 4) is 22.4 Å². The molecule has 0 spiro atoms. The number of nitrogen functional groups attached to an aromatic ring is 1. The second-order valence-electron chi connectivity index (χ2n) is 7.71. The lowest BCUT2D eigenvalue weighted by atomic mass is 10.0. The van der Waals surface area contributed by atoms with E-state index in [0.29, 0.717) is 31.7 Å². The fourth-order valence-corrected chi connectivity index (χ4v) is 4.92. The van der Waals surface area contributed by atoms with Crippen LogP contribution in [0.25, 0.3) is 22.4 Å². The molecular weight excluding hydrogens is 458 g/mol. The van der Waals surface area contributed by atoms with Gasteiger partial charge in [-0.2, -0.15) is 13.2 Å². The second kappa shape index (κ2) is 9.16. The summed E-state index contributed by atoms with van der Waals surface area (Å²) in [6.07, 6.45) is -1.96. The lowest BCUT2D eigenvalue weighted by Crippen LogP contribution is -2.45. The highest BCUT2D eigenvalue weighted by atomic mass is 32.2. The van der Waals surface area contributed by atoms with E-state index in [1.165, 1.54) is 30.6 Å². The normalized spacial score (nSPS) is 16.6. The highest BCUT2D eigenvalue weighted by Gasteiger charge is 2.33. The Balaban J connectivity index is 1.75. The number of nitrogens with two attached hydrogens (primary N) is 1. The lowest BCUT2D eigenvalue weighted by molar-refractivity contribution is -0.137. The number of likely N-dealkylation sites (N-methyl/N-ethyl adjacent to an activating group) is 1. The van der Waals surface area contributed by atoms with Crippen molar-refractivity contribution in [3.05, 3.63) is 60.2 Å². The van der Waals surface area contributed by atoms with Crippen LogP contribution in [0.2, 0.25) is 0 Å². The van der Waals surface area contributed by atoms with Gasteiger partial charge in [-0.05, 0) is 42.4 Å². The minimum Gasteiger partial charge on any atom is -0.382 e. The van der Waals surface area contributed by atoms with Crippen LogP contribution in [0.3, 0.4) is 0 Å². The van der Waals surface area contributed by atoms with Crippen molar-refractivity contribution in [1.29, 1.82) is 0 Å². The Labute approximate surface area is 190 Å². The van der Waals surface area contributed by atoms with E-state index in [4.69, 9.17) is 5.73 Å². The third kappa shape index (κ3) is 5.05. The molecule has 0 bridgehead atoms. The summed E-state index contributed by atoms with van der Waals surface area (Å²) in [5.41, 5.74) is 5.63. The Morgan fingerprint density at radius 3 is 2.27 bits per heavy atom. The Morgan fingerprint density at radius 2 is 1.67 bits per heavy atom. The van der Waals surface area contributed by atoms with Crippen molar-refractivity contribution in [3.63, 3.8) is 0 Å². The maximum atomic E-state index is 15.0. The zero-order valence-electron chi connectivity index (χ0n) is 17.6. The van der Waals surface area contributed by atoms with E-state index in [-0.39, 0.29) is 27.5 Å². The van der Waals surface area contributed by atoms with Crippen LogP contribution >= 0.6 is 0 Å². The van der Waals surface area contributed by atoms with Crippen LogP contribution < -0.4 is 5.73 Å². The van der Waals surface area contributed by atoms with Crippen LogP contribution in [-0.4, -0.2) is 56.6 Å². The van der Waals surface area contributed by atoms with Gasteiger partial charge < -0.3 is 10.6 Å². The lowest BCUT2D eigenvalue weighted by Gasteiger charge is -2.31. The molecule has 2 N–H and O–H groups in total. The summed E-state index contributed by atoms with van der Waals surface area (Å²) in [6.45, 7) is 2.18. The fraction of sp³-hybridized carbons (Fsp3) is 0.273. The van der Waals surface area contributed by atoms with Gasteiger partial charge in [0, 0.05) is 31.7 Å². The molecule has 1 saturated heterocycles. The second-order valence-corrected chi connectivity index (χ2v) is 9.17. The van der Waals surface area contributed by atoms with Crippen molar-refractivity contribution < 1.29 is 21.8 Å². The predicted molar refractivity (Wildman–Crippen MR) is 118 cm³/mol. The molecule has 6 nitrogen and oxygen atoms in total. The van der Waals surface area contributed by atoms with Crippen LogP contribution in [0.1, 0.15) is 5.56 Å². The molecule has 1 aromatic heterocycles. The number of hydrogen-bond donors (Lipinski definition) is 1. The summed E-state index contributed by atoms with van der Waals surface area (Å²) in [5, 5.41) is 0. The Kier molecular flexibility index (Phi) is 6.46. The standard InChI is InChI=1S/C22H21F4N5OS/c1-30-6-8-31(9-7-30)33(32)20-11-15(22(24,25)26)3-5-16(20)14-2-4-17(18(23)10-14)19-12-29-21(27)13-28-19/h2-5,10-13H,6-9H2,1H3,(H2,27,29). The van der Waals surface area contributed by atoms with E-state index < -0.39 is 28.5 Å². The Hall–Kier alpha value is -2.89. The molecule has 2 aromatic carbocycles. The van der Waals surface area contributed by atoms with Gasteiger partial charge in [0.05, 0.1) is 28.5 Å². The van der Waals surface area contributed by atoms with E-state index in [9.17, 15) is 21.8 Å². The van der Waals surface area contributed by atoms with Crippen LogP contribution in [0.5, 0.6) is 0 Å². The number of alkyl halides is 3. The molecule has 0 aliphatic carbocycles. The summed E-state index contributed by atoms with van der Waals surface area (Å²) in [5.74, 6) is -0.445. The molecule has 0 radical (unpaired) electrons. The first kappa shape index (κ1) is 23.3. The van der Waals surface area contributed by atoms with Crippen LogP contribution in [-0.2, 0) is 17.2 Å². The molecule has 1 fully saturated rings. The molecule has 174 valence electrons. The third-order valence-corrected chi connectivity index (χ3v) is 6.97. The molecule has 1 unspecified atom stereocenters. The fourth-order valence-electron chi connectivity index (χ4n) is 3.54. The number of hydrogen-bond acceptors (Lipinski definition) is 5. The zero-order chi connectivity index (χ0) is 23.8. The number of nitrogens with zero attached hydrogens (tertiary/aromatic N) is 4. The molecule has 4 rings (SSSR count). The van der Waals surface area contributed by atoms with Crippen LogP contribution in [0.15, 0.2) is 53.7 Å². The zero-order valence-corrected chi connectivity index (χ0v) is 18.5. The maximum absolute atomic E-state index is 15.0. The Bertz CT molecular complexity index is 1180. The van der Waals surface area contributed by atoms with E-state index in [0.717, 1.165) is 12.1 Å². The van der Waals surface area contributed by atoms with Gasteiger partial charge in [-0.25, -0.2) is 17.9 Å². The molecule has 0 saturated carbocycles. The van der Waals surface area contributed by atoms with Crippen molar-refractivity contribution in [2.75, 3.05) is 39.0 Å².